The molecule has 0 aromatic heterocycles. The van der Waals surface area contributed by atoms with E-state index in [1.54, 1.807) is 0 Å². The summed E-state index contributed by atoms with van der Waals surface area (Å²) in [6, 6.07) is 13.5. The first-order chi connectivity index (χ1) is 10.0. The smallest absolute Gasteiger partial charge is 0.126 e. The monoisotopic (exact) mass is 316 g/mol. The van der Waals surface area contributed by atoms with Gasteiger partial charge in [-0.3, -0.25) is 0 Å². The molecule has 3 rings (SSSR count). The molecule has 0 aliphatic rings. The van der Waals surface area contributed by atoms with Crippen LogP contribution < -0.4 is 0 Å². The summed E-state index contributed by atoms with van der Waals surface area (Å²) >= 11 is 12.6. The van der Waals surface area contributed by atoms with Gasteiger partial charge in [-0.15, -0.1) is 0 Å². The van der Waals surface area contributed by atoms with Crippen LogP contribution in [0, 0.1) is 13.8 Å². The van der Waals surface area contributed by atoms with E-state index in [-0.39, 0.29) is 0 Å². The lowest BCUT2D eigenvalue weighted by molar-refractivity contribution is 0.477. The van der Waals surface area contributed by atoms with E-state index >= 15 is 0 Å². The summed E-state index contributed by atoms with van der Waals surface area (Å²) in [5, 5.41) is 13.4. The van der Waals surface area contributed by atoms with E-state index in [4.69, 9.17) is 23.2 Å². The van der Waals surface area contributed by atoms with Crippen LogP contribution in [0.5, 0.6) is 5.75 Å². The molecule has 0 bridgehead atoms. The molecule has 0 atom stereocenters. The molecule has 1 nitrogen and oxygen atoms in total. The molecule has 0 fully saturated rings. The fourth-order valence-electron chi connectivity index (χ4n) is 2.59. The van der Waals surface area contributed by atoms with Gasteiger partial charge in [0.1, 0.15) is 5.75 Å². The van der Waals surface area contributed by atoms with E-state index in [0.29, 0.717) is 15.8 Å². The first-order valence-electron chi connectivity index (χ1n) is 6.67. The Morgan fingerprint density at radius 1 is 0.857 bits per heavy atom. The number of halogens is 2. The van der Waals surface area contributed by atoms with Gasteiger partial charge in [-0.25, -0.2) is 0 Å². The number of phenolic OH excluding ortho intramolecular Hbond substituents is 1. The third kappa shape index (κ3) is 2.27. The Morgan fingerprint density at radius 2 is 1.52 bits per heavy atom. The fraction of sp³-hybridized carbons (Fsp3) is 0.111. The molecular weight excluding hydrogens is 303 g/mol. The van der Waals surface area contributed by atoms with E-state index < -0.39 is 0 Å². The molecule has 21 heavy (non-hydrogen) atoms. The molecule has 106 valence electrons. The van der Waals surface area contributed by atoms with E-state index in [1.807, 2.05) is 56.3 Å². The normalized spacial score (nSPS) is 11.0. The van der Waals surface area contributed by atoms with Crippen LogP contribution in [0.15, 0.2) is 42.5 Å². The number of rotatable bonds is 1. The summed E-state index contributed by atoms with van der Waals surface area (Å²) in [7, 11) is 0. The minimum atomic E-state index is 0.316. The maximum absolute atomic E-state index is 10.2. The van der Waals surface area contributed by atoms with E-state index in [1.165, 1.54) is 0 Å². The van der Waals surface area contributed by atoms with Crippen LogP contribution in [0.2, 0.25) is 10.0 Å². The van der Waals surface area contributed by atoms with Crippen molar-refractivity contribution in [3.8, 4) is 16.9 Å². The highest BCUT2D eigenvalue weighted by atomic mass is 35.5. The van der Waals surface area contributed by atoms with Crippen molar-refractivity contribution in [1.82, 2.24) is 0 Å². The lowest BCUT2D eigenvalue weighted by atomic mass is 9.94. The average molecular weight is 317 g/mol. The van der Waals surface area contributed by atoms with Crippen molar-refractivity contribution in [2.75, 3.05) is 0 Å². The lowest BCUT2D eigenvalue weighted by Crippen LogP contribution is -1.89. The van der Waals surface area contributed by atoms with Gasteiger partial charge < -0.3 is 5.11 Å². The second-order valence-electron chi connectivity index (χ2n) is 5.17. The second kappa shape index (κ2) is 5.25. The molecule has 0 aliphatic heterocycles. The third-order valence-electron chi connectivity index (χ3n) is 3.82. The predicted molar refractivity (Wildman–Crippen MR) is 90.5 cm³/mol. The van der Waals surface area contributed by atoms with Crippen LogP contribution in [-0.4, -0.2) is 5.11 Å². The van der Waals surface area contributed by atoms with Gasteiger partial charge in [0, 0.05) is 16.0 Å². The van der Waals surface area contributed by atoms with Crippen LogP contribution in [0.1, 0.15) is 11.1 Å². The van der Waals surface area contributed by atoms with Gasteiger partial charge in [0.2, 0.25) is 0 Å². The minimum absolute atomic E-state index is 0.316. The average Bonchev–Trinajstić information content (AvgIpc) is 2.49. The van der Waals surface area contributed by atoms with Gasteiger partial charge in [-0.1, -0.05) is 53.5 Å². The zero-order valence-electron chi connectivity index (χ0n) is 11.7. The summed E-state index contributed by atoms with van der Waals surface area (Å²) < 4.78 is 0. The molecular formula is C18H14Cl2O. The quantitative estimate of drug-likeness (QED) is 0.572. The van der Waals surface area contributed by atoms with Crippen LogP contribution in [-0.2, 0) is 0 Å². The highest BCUT2D eigenvalue weighted by Gasteiger charge is 2.14. The van der Waals surface area contributed by atoms with Crippen molar-refractivity contribution in [3.63, 3.8) is 0 Å². The van der Waals surface area contributed by atoms with Crippen LogP contribution in [0.25, 0.3) is 21.9 Å². The zero-order valence-corrected chi connectivity index (χ0v) is 13.3. The Balaban J connectivity index is 2.41. The third-order valence-corrected chi connectivity index (χ3v) is 4.71. The maximum Gasteiger partial charge on any atom is 0.126 e. The highest BCUT2D eigenvalue weighted by Crippen LogP contribution is 2.41. The Hall–Kier alpha value is -1.70. The molecule has 3 aromatic rings. The largest absolute Gasteiger partial charge is 0.507 e. The van der Waals surface area contributed by atoms with Gasteiger partial charge >= 0.3 is 0 Å². The molecule has 0 saturated carbocycles. The highest BCUT2D eigenvalue weighted by molar-refractivity contribution is 6.38. The van der Waals surface area contributed by atoms with Gasteiger partial charge in [-0.05, 0) is 48.1 Å². The molecule has 0 radical (unpaired) electrons. The van der Waals surface area contributed by atoms with Crippen LogP contribution >= 0.6 is 23.2 Å². The Kier molecular flexibility index (Phi) is 3.56. The van der Waals surface area contributed by atoms with Gasteiger partial charge in [0.05, 0.1) is 5.02 Å². The molecule has 3 aromatic carbocycles. The van der Waals surface area contributed by atoms with Gasteiger partial charge in [-0.2, -0.15) is 0 Å². The maximum atomic E-state index is 10.2. The molecule has 3 heteroatoms. The van der Waals surface area contributed by atoms with Crippen molar-refractivity contribution in [1.29, 1.82) is 0 Å². The first-order valence-corrected chi connectivity index (χ1v) is 7.42. The van der Waals surface area contributed by atoms with Crippen molar-refractivity contribution in [3.05, 3.63) is 63.6 Å². The first kappa shape index (κ1) is 14.2. The summed E-state index contributed by atoms with van der Waals surface area (Å²) in [6.07, 6.45) is 0. The number of aryl methyl sites for hydroxylation is 1. The molecule has 0 aliphatic carbocycles. The fourth-order valence-corrected chi connectivity index (χ4v) is 3.06. The zero-order chi connectivity index (χ0) is 15.1. The van der Waals surface area contributed by atoms with Gasteiger partial charge in [0.15, 0.2) is 0 Å². The van der Waals surface area contributed by atoms with Crippen LogP contribution in [0.4, 0.5) is 0 Å². The number of fused-ring (bicyclic) bond motifs is 1. The molecule has 0 heterocycles. The number of hydrogen-bond donors (Lipinski definition) is 1. The van der Waals surface area contributed by atoms with Gasteiger partial charge in [0.25, 0.3) is 0 Å². The standard InChI is InChI=1S/C18H14Cl2O/c1-10-9-15(12-5-3-4-6-14(12)18(10)21)13-7-8-16(19)11(2)17(13)20/h3-9,21H,1-2H3. The Bertz CT molecular complexity index is 853. The molecule has 0 amide bonds. The topological polar surface area (TPSA) is 20.2 Å². The number of hydrogen-bond acceptors (Lipinski definition) is 1. The summed E-state index contributed by atoms with van der Waals surface area (Å²) in [5.74, 6) is 0.316. The number of phenols is 1. The molecule has 0 spiro atoms. The van der Waals surface area contributed by atoms with Crippen molar-refractivity contribution < 1.29 is 5.11 Å². The predicted octanol–water partition coefficient (Wildman–Crippen LogP) is 6.14. The number of benzene rings is 3. The van der Waals surface area contributed by atoms with Crippen molar-refractivity contribution in [2.45, 2.75) is 13.8 Å². The SMILES string of the molecule is Cc1cc(-c2ccc(Cl)c(C)c2Cl)c2ccccc2c1O. The minimum Gasteiger partial charge on any atom is -0.507 e. The summed E-state index contributed by atoms with van der Waals surface area (Å²) in [5.41, 5.74) is 3.63. The van der Waals surface area contributed by atoms with E-state index in [2.05, 4.69) is 0 Å². The van der Waals surface area contributed by atoms with Crippen LogP contribution in [0.3, 0.4) is 0 Å². The number of aromatic hydroxyl groups is 1. The Morgan fingerprint density at radius 3 is 2.24 bits per heavy atom. The van der Waals surface area contributed by atoms with E-state index in [0.717, 1.165) is 33.0 Å². The second-order valence-corrected chi connectivity index (χ2v) is 5.95. The van der Waals surface area contributed by atoms with E-state index in [9.17, 15) is 5.11 Å². The summed E-state index contributed by atoms with van der Waals surface area (Å²) in [6.45, 7) is 3.80. The molecule has 1 N–H and O–H groups in total. The Labute approximate surface area is 133 Å². The van der Waals surface area contributed by atoms with Crippen molar-refractivity contribution in [2.24, 2.45) is 0 Å². The lowest BCUT2D eigenvalue weighted by Gasteiger charge is -2.14. The molecule has 0 unspecified atom stereocenters. The van der Waals surface area contributed by atoms with Crippen molar-refractivity contribution >= 4 is 34.0 Å². The summed E-state index contributed by atoms with van der Waals surface area (Å²) in [4.78, 5) is 0. The molecule has 0 saturated heterocycles.